The fourth-order valence-corrected chi connectivity index (χ4v) is 3.66. The van der Waals surface area contributed by atoms with Gasteiger partial charge in [0.25, 0.3) is 5.56 Å². The Bertz CT molecular complexity index is 1490. The minimum Gasteiger partial charge on any atom is -0.467 e. The zero-order valence-corrected chi connectivity index (χ0v) is 18.2. The average Bonchev–Trinajstić information content (AvgIpc) is 3.53. The van der Waals surface area contributed by atoms with Gasteiger partial charge in [0.15, 0.2) is 5.65 Å². The number of rotatable bonds is 9. The minimum atomic E-state index is -0.160. The maximum absolute atomic E-state index is 12.5. The lowest BCUT2D eigenvalue weighted by Gasteiger charge is -2.08. The Hall–Kier alpha value is -4.54. The van der Waals surface area contributed by atoms with Crippen molar-refractivity contribution in [3.63, 3.8) is 0 Å². The highest BCUT2D eigenvalue weighted by atomic mass is 16.3. The first-order chi connectivity index (χ1) is 16.7. The number of benzene rings is 1. The van der Waals surface area contributed by atoms with Crippen molar-refractivity contribution < 1.29 is 9.21 Å². The van der Waals surface area contributed by atoms with E-state index in [0.29, 0.717) is 42.0 Å². The Morgan fingerprint density at radius 1 is 1.03 bits per heavy atom. The molecule has 0 aliphatic carbocycles. The third-order valence-electron chi connectivity index (χ3n) is 5.40. The highest BCUT2D eigenvalue weighted by Gasteiger charge is 2.11. The van der Waals surface area contributed by atoms with E-state index in [-0.39, 0.29) is 24.4 Å². The minimum absolute atomic E-state index is 0.155. The van der Waals surface area contributed by atoms with Gasteiger partial charge in [0.2, 0.25) is 5.91 Å². The topological polar surface area (TPSA) is 133 Å². The first-order valence-corrected chi connectivity index (χ1v) is 10.8. The molecule has 0 atom stereocenters. The SMILES string of the molecule is O=C(CCn1cnc2ccccc2c1=O)NCCn1ncc2c(NCc3ccco3)ncnc21. The van der Waals surface area contributed by atoms with Crippen LogP contribution in [0.2, 0.25) is 0 Å². The van der Waals surface area contributed by atoms with Crippen LogP contribution in [0.3, 0.4) is 0 Å². The van der Waals surface area contributed by atoms with E-state index in [1.807, 2.05) is 18.2 Å². The van der Waals surface area contributed by atoms with E-state index in [0.717, 1.165) is 11.1 Å². The number of furan rings is 1. The number of aromatic nitrogens is 6. The third-order valence-corrected chi connectivity index (χ3v) is 5.40. The summed E-state index contributed by atoms with van der Waals surface area (Å²) in [4.78, 5) is 37.7. The lowest BCUT2D eigenvalue weighted by Crippen LogP contribution is -2.30. The molecule has 34 heavy (non-hydrogen) atoms. The molecule has 5 rings (SSSR count). The van der Waals surface area contributed by atoms with Crippen LogP contribution < -0.4 is 16.2 Å². The molecule has 0 saturated heterocycles. The largest absolute Gasteiger partial charge is 0.467 e. The highest BCUT2D eigenvalue weighted by Crippen LogP contribution is 2.19. The number of nitrogens with one attached hydrogen (secondary N) is 2. The second-order valence-electron chi connectivity index (χ2n) is 7.62. The number of carbonyl (C=O) groups excluding carboxylic acids is 1. The Morgan fingerprint density at radius 3 is 2.82 bits per heavy atom. The van der Waals surface area contributed by atoms with E-state index in [1.54, 1.807) is 35.3 Å². The van der Waals surface area contributed by atoms with Gasteiger partial charge in [-0.15, -0.1) is 0 Å². The van der Waals surface area contributed by atoms with Crippen molar-refractivity contribution in [1.29, 1.82) is 0 Å². The molecule has 0 fully saturated rings. The van der Waals surface area contributed by atoms with Gasteiger partial charge in [-0.2, -0.15) is 5.10 Å². The number of hydrogen-bond acceptors (Lipinski definition) is 8. The standard InChI is InChI=1S/C23H22N8O3/c32-20(7-9-30-15-28-19-6-2-1-5-17(19)23(30)33)24-8-10-31-22-18(13-29-31)21(26-14-27-22)25-12-16-4-3-11-34-16/h1-6,11,13-15H,7-10,12H2,(H,24,32)(H,25,26,27). The Kier molecular flexibility index (Phi) is 5.97. The molecule has 1 aromatic carbocycles. The summed E-state index contributed by atoms with van der Waals surface area (Å²) in [6.45, 7) is 1.57. The lowest BCUT2D eigenvalue weighted by atomic mass is 10.2. The Morgan fingerprint density at radius 2 is 1.94 bits per heavy atom. The van der Waals surface area contributed by atoms with E-state index >= 15 is 0 Å². The molecule has 0 spiro atoms. The lowest BCUT2D eigenvalue weighted by molar-refractivity contribution is -0.121. The van der Waals surface area contributed by atoms with Crippen LogP contribution in [-0.4, -0.2) is 41.8 Å². The molecular weight excluding hydrogens is 436 g/mol. The van der Waals surface area contributed by atoms with Crippen LogP contribution in [0, 0.1) is 0 Å². The summed E-state index contributed by atoms with van der Waals surface area (Å²) in [5.41, 5.74) is 1.15. The molecule has 4 heterocycles. The zero-order chi connectivity index (χ0) is 23.3. The van der Waals surface area contributed by atoms with E-state index in [1.165, 1.54) is 17.2 Å². The molecule has 0 unspecified atom stereocenters. The van der Waals surface area contributed by atoms with Gasteiger partial charge in [0.05, 0.1) is 48.2 Å². The highest BCUT2D eigenvalue weighted by molar-refractivity contribution is 5.86. The summed E-state index contributed by atoms with van der Waals surface area (Å²) >= 11 is 0. The summed E-state index contributed by atoms with van der Waals surface area (Å²) in [5.74, 6) is 1.29. The van der Waals surface area contributed by atoms with Crippen molar-refractivity contribution >= 4 is 33.7 Å². The fourth-order valence-electron chi connectivity index (χ4n) is 3.66. The van der Waals surface area contributed by atoms with Crippen LogP contribution in [0.25, 0.3) is 21.9 Å². The van der Waals surface area contributed by atoms with Crippen LogP contribution >= 0.6 is 0 Å². The van der Waals surface area contributed by atoms with E-state index in [9.17, 15) is 9.59 Å². The van der Waals surface area contributed by atoms with Crippen molar-refractivity contribution in [3.8, 4) is 0 Å². The summed E-state index contributed by atoms with van der Waals surface area (Å²) in [6.07, 6.45) is 6.43. The van der Waals surface area contributed by atoms with Gasteiger partial charge in [0, 0.05) is 19.5 Å². The molecule has 11 heteroatoms. The van der Waals surface area contributed by atoms with E-state index in [2.05, 4.69) is 30.7 Å². The molecule has 0 saturated carbocycles. The Labute approximate surface area is 193 Å². The van der Waals surface area contributed by atoms with E-state index in [4.69, 9.17) is 4.42 Å². The monoisotopic (exact) mass is 458 g/mol. The van der Waals surface area contributed by atoms with Gasteiger partial charge in [-0.05, 0) is 24.3 Å². The number of amides is 1. The summed E-state index contributed by atoms with van der Waals surface area (Å²) in [6, 6.07) is 10.9. The smallest absolute Gasteiger partial charge is 0.261 e. The predicted octanol–water partition coefficient (Wildman–Crippen LogP) is 1.95. The van der Waals surface area contributed by atoms with Crippen molar-refractivity contribution in [1.82, 2.24) is 34.6 Å². The first kappa shape index (κ1) is 21.3. The number of hydrogen-bond donors (Lipinski definition) is 2. The molecule has 0 aliphatic heterocycles. The van der Waals surface area contributed by atoms with Gasteiger partial charge in [-0.1, -0.05) is 12.1 Å². The second kappa shape index (κ2) is 9.53. The quantitative estimate of drug-likeness (QED) is 0.342. The van der Waals surface area contributed by atoms with Gasteiger partial charge in [0.1, 0.15) is 17.9 Å². The number of nitrogens with zero attached hydrogens (tertiary/aromatic N) is 6. The van der Waals surface area contributed by atoms with Gasteiger partial charge >= 0.3 is 0 Å². The molecule has 172 valence electrons. The molecular formula is C23H22N8O3. The summed E-state index contributed by atoms with van der Waals surface area (Å²) in [5, 5.41) is 11.8. The van der Waals surface area contributed by atoms with Crippen molar-refractivity contribution in [2.45, 2.75) is 26.1 Å². The molecule has 0 radical (unpaired) electrons. The van der Waals surface area contributed by atoms with Gasteiger partial charge in [-0.25, -0.2) is 19.6 Å². The number of carbonyl (C=O) groups is 1. The normalized spacial score (nSPS) is 11.2. The van der Waals surface area contributed by atoms with Gasteiger partial charge in [-0.3, -0.25) is 14.2 Å². The summed E-state index contributed by atoms with van der Waals surface area (Å²) in [7, 11) is 0. The molecule has 11 nitrogen and oxygen atoms in total. The van der Waals surface area contributed by atoms with Gasteiger partial charge < -0.3 is 15.1 Å². The predicted molar refractivity (Wildman–Crippen MR) is 125 cm³/mol. The Balaban J connectivity index is 1.15. The average molecular weight is 458 g/mol. The van der Waals surface area contributed by atoms with Crippen LogP contribution in [0.15, 0.2) is 70.7 Å². The number of fused-ring (bicyclic) bond motifs is 2. The second-order valence-corrected chi connectivity index (χ2v) is 7.62. The summed E-state index contributed by atoms with van der Waals surface area (Å²) < 4.78 is 8.50. The third kappa shape index (κ3) is 4.49. The molecule has 0 bridgehead atoms. The molecule has 0 aliphatic rings. The van der Waals surface area contributed by atoms with E-state index < -0.39 is 0 Å². The van der Waals surface area contributed by atoms with Crippen LogP contribution in [-0.2, 0) is 24.4 Å². The first-order valence-electron chi connectivity index (χ1n) is 10.8. The number of aryl methyl sites for hydroxylation is 1. The maximum Gasteiger partial charge on any atom is 0.261 e. The fraction of sp³-hybridized carbons (Fsp3) is 0.217. The van der Waals surface area contributed by atoms with Crippen molar-refractivity contribution in [2.75, 3.05) is 11.9 Å². The molecule has 2 N–H and O–H groups in total. The molecule has 1 amide bonds. The van der Waals surface area contributed by atoms with Crippen molar-refractivity contribution in [2.24, 2.45) is 0 Å². The molecule has 4 aromatic heterocycles. The van der Waals surface area contributed by atoms with Crippen LogP contribution in [0.4, 0.5) is 5.82 Å². The zero-order valence-electron chi connectivity index (χ0n) is 18.2. The van der Waals surface area contributed by atoms with Crippen LogP contribution in [0.5, 0.6) is 0 Å². The maximum atomic E-state index is 12.5. The number of para-hydroxylation sites is 1. The number of anilines is 1. The van der Waals surface area contributed by atoms with Crippen molar-refractivity contribution in [3.05, 3.63) is 77.6 Å². The molecule has 5 aromatic rings. The van der Waals surface area contributed by atoms with Crippen LogP contribution in [0.1, 0.15) is 12.2 Å².